The van der Waals surface area contributed by atoms with Crippen LogP contribution in [0.4, 0.5) is 0 Å². The number of allylic oxidation sites excluding steroid dienone is 1. The number of rotatable bonds is 3. The van der Waals surface area contributed by atoms with Gasteiger partial charge in [-0.3, -0.25) is 4.79 Å². The first-order valence-electron chi connectivity index (χ1n) is 5.03. The predicted molar refractivity (Wildman–Crippen MR) is 50.6 cm³/mol. The molecular formula is C10H15NO3. The van der Waals surface area contributed by atoms with Crippen LogP contribution in [0.3, 0.4) is 0 Å². The van der Waals surface area contributed by atoms with E-state index >= 15 is 0 Å². The topological polar surface area (TPSA) is 58.6 Å². The number of aliphatic hydroxyl groups excluding tert-OH is 1. The zero-order chi connectivity index (χ0) is 9.97. The number of fused-ring (bicyclic) bond motifs is 1. The lowest BCUT2D eigenvalue weighted by Crippen LogP contribution is -2.32. The molecule has 14 heavy (non-hydrogen) atoms. The summed E-state index contributed by atoms with van der Waals surface area (Å²) in [5.74, 6) is 0.946. The summed E-state index contributed by atoms with van der Waals surface area (Å²) in [5, 5.41) is 11.9. The first-order chi connectivity index (χ1) is 6.81. The highest BCUT2D eigenvalue weighted by atomic mass is 16.5. The van der Waals surface area contributed by atoms with E-state index in [-0.39, 0.29) is 19.0 Å². The van der Waals surface area contributed by atoms with Crippen molar-refractivity contribution < 1.29 is 14.6 Å². The number of carbonyl (C=O) groups is 1. The lowest BCUT2D eigenvalue weighted by Gasteiger charge is -2.22. The van der Waals surface area contributed by atoms with E-state index in [1.54, 1.807) is 0 Å². The third-order valence-electron chi connectivity index (χ3n) is 2.81. The molecule has 2 aliphatic rings. The normalized spacial score (nSPS) is 31.2. The molecule has 0 bridgehead atoms. The van der Waals surface area contributed by atoms with Gasteiger partial charge >= 0.3 is 0 Å². The monoisotopic (exact) mass is 197 g/mol. The van der Waals surface area contributed by atoms with Crippen molar-refractivity contribution in [3.05, 3.63) is 11.8 Å². The van der Waals surface area contributed by atoms with E-state index in [4.69, 9.17) is 9.84 Å². The quantitative estimate of drug-likeness (QED) is 0.659. The van der Waals surface area contributed by atoms with Crippen molar-refractivity contribution in [2.24, 2.45) is 5.92 Å². The van der Waals surface area contributed by atoms with Crippen molar-refractivity contribution in [1.82, 2.24) is 5.32 Å². The maximum absolute atomic E-state index is 11.5. The lowest BCUT2D eigenvalue weighted by atomic mass is 9.89. The average molecular weight is 197 g/mol. The summed E-state index contributed by atoms with van der Waals surface area (Å²) in [7, 11) is 0. The minimum atomic E-state index is -0.0495. The number of Topliss-reactive ketones (excluding diaryl/α,β-unsaturated/α-hetero) is 1. The van der Waals surface area contributed by atoms with E-state index in [1.807, 2.05) is 6.08 Å². The largest absolute Gasteiger partial charge is 0.488 e. The molecule has 78 valence electrons. The van der Waals surface area contributed by atoms with Gasteiger partial charge in [-0.05, 0) is 25.0 Å². The molecule has 1 aliphatic carbocycles. The molecule has 0 amide bonds. The number of ether oxygens (including phenoxy) is 1. The molecule has 0 saturated carbocycles. The van der Waals surface area contributed by atoms with Gasteiger partial charge in [0, 0.05) is 12.5 Å². The van der Waals surface area contributed by atoms with Crippen LogP contribution in [0.25, 0.3) is 0 Å². The summed E-state index contributed by atoms with van der Waals surface area (Å²) in [6.07, 6.45) is 3.51. The molecule has 0 aromatic heterocycles. The Morgan fingerprint density at radius 1 is 1.64 bits per heavy atom. The smallest absolute Gasteiger partial charge is 0.197 e. The number of hydrogen-bond acceptors (Lipinski definition) is 4. The van der Waals surface area contributed by atoms with Crippen LogP contribution in [-0.4, -0.2) is 36.7 Å². The Morgan fingerprint density at radius 2 is 2.50 bits per heavy atom. The summed E-state index contributed by atoms with van der Waals surface area (Å²) < 4.78 is 5.17. The standard InChI is InChI=1S/C10H15NO3/c12-3-4-14-10-6-8-7(1-2-11-8)5-9(10)13/h6-8,11-12H,1-5H2. The Labute approximate surface area is 82.9 Å². The molecule has 2 rings (SSSR count). The first kappa shape index (κ1) is 9.68. The summed E-state index contributed by atoms with van der Waals surface area (Å²) >= 11 is 0. The molecule has 2 unspecified atom stereocenters. The molecule has 2 atom stereocenters. The Hall–Kier alpha value is -0.870. The Bertz CT molecular complexity index is 262. The first-order valence-corrected chi connectivity index (χ1v) is 5.03. The summed E-state index contributed by atoms with van der Waals surface area (Å²) in [6, 6.07) is 0.293. The molecule has 0 aromatic carbocycles. The second-order valence-electron chi connectivity index (χ2n) is 3.76. The fourth-order valence-corrected chi connectivity index (χ4v) is 2.08. The molecule has 0 aromatic rings. The molecule has 1 heterocycles. The van der Waals surface area contributed by atoms with E-state index in [0.717, 1.165) is 13.0 Å². The van der Waals surface area contributed by atoms with Crippen LogP contribution in [0.2, 0.25) is 0 Å². The van der Waals surface area contributed by atoms with Gasteiger partial charge in [-0.25, -0.2) is 0 Å². The van der Waals surface area contributed by atoms with Crippen molar-refractivity contribution in [3.63, 3.8) is 0 Å². The van der Waals surface area contributed by atoms with Gasteiger partial charge in [0.15, 0.2) is 11.5 Å². The van der Waals surface area contributed by atoms with Crippen LogP contribution in [-0.2, 0) is 9.53 Å². The highest BCUT2D eigenvalue weighted by Gasteiger charge is 2.33. The molecule has 4 nitrogen and oxygen atoms in total. The van der Waals surface area contributed by atoms with E-state index in [9.17, 15) is 4.79 Å². The minimum Gasteiger partial charge on any atom is -0.488 e. The molecule has 2 N–H and O–H groups in total. The molecule has 0 radical (unpaired) electrons. The Morgan fingerprint density at radius 3 is 3.29 bits per heavy atom. The van der Waals surface area contributed by atoms with Crippen LogP contribution in [0.1, 0.15) is 12.8 Å². The van der Waals surface area contributed by atoms with Crippen LogP contribution in [0, 0.1) is 5.92 Å². The SMILES string of the molecule is O=C1CC2CCNC2C=C1OCCO. The van der Waals surface area contributed by atoms with Crippen molar-refractivity contribution in [3.8, 4) is 0 Å². The Balaban J connectivity index is 2.03. The van der Waals surface area contributed by atoms with Crippen LogP contribution >= 0.6 is 0 Å². The fraction of sp³-hybridized carbons (Fsp3) is 0.700. The maximum Gasteiger partial charge on any atom is 0.197 e. The van der Waals surface area contributed by atoms with Crippen molar-refractivity contribution in [2.45, 2.75) is 18.9 Å². The minimum absolute atomic E-state index is 0.0495. The van der Waals surface area contributed by atoms with E-state index in [2.05, 4.69) is 5.32 Å². The van der Waals surface area contributed by atoms with Crippen molar-refractivity contribution in [2.75, 3.05) is 19.8 Å². The van der Waals surface area contributed by atoms with Gasteiger partial charge in [-0.1, -0.05) is 0 Å². The van der Waals surface area contributed by atoms with Gasteiger partial charge in [0.05, 0.1) is 6.61 Å². The molecule has 1 saturated heterocycles. The molecule has 0 spiro atoms. The van der Waals surface area contributed by atoms with Gasteiger partial charge < -0.3 is 15.2 Å². The van der Waals surface area contributed by atoms with E-state index in [0.29, 0.717) is 24.1 Å². The predicted octanol–water partition coefficient (Wildman–Crippen LogP) is -0.170. The highest BCUT2D eigenvalue weighted by Crippen LogP contribution is 2.27. The molecule has 4 heteroatoms. The number of carbonyl (C=O) groups excluding carboxylic acids is 1. The van der Waals surface area contributed by atoms with E-state index < -0.39 is 0 Å². The number of nitrogens with one attached hydrogen (secondary N) is 1. The zero-order valence-corrected chi connectivity index (χ0v) is 8.03. The summed E-state index contributed by atoms with van der Waals surface area (Å²) in [4.78, 5) is 11.5. The highest BCUT2D eigenvalue weighted by molar-refractivity contribution is 5.94. The second kappa shape index (κ2) is 4.11. The maximum atomic E-state index is 11.5. The zero-order valence-electron chi connectivity index (χ0n) is 8.03. The van der Waals surface area contributed by atoms with Gasteiger partial charge in [-0.2, -0.15) is 0 Å². The summed E-state index contributed by atoms with van der Waals surface area (Å²) in [5.41, 5.74) is 0. The van der Waals surface area contributed by atoms with Gasteiger partial charge in [0.25, 0.3) is 0 Å². The van der Waals surface area contributed by atoms with Crippen LogP contribution in [0.5, 0.6) is 0 Å². The number of aliphatic hydroxyl groups is 1. The molecule has 1 aliphatic heterocycles. The second-order valence-corrected chi connectivity index (χ2v) is 3.76. The number of hydrogen-bond donors (Lipinski definition) is 2. The van der Waals surface area contributed by atoms with Gasteiger partial charge in [0.1, 0.15) is 6.61 Å². The van der Waals surface area contributed by atoms with Crippen molar-refractivity contribution in [1.29, 1.82) is 0 Å². The average Bonchev–Trinajstić information content (AvgIpc) is 2.61. The third-order valence-corrected chi connectivity index (χ3v) is 2.81. The van der Waals surface area contributed by atoms with Crippen molar-refractivity contribution >= 4 is 5.78 Å². The van der Waals surface area contributed by atoms with Crippen LogP contribution in [0.15, 0.2) is 11.8 Å². The Kier molecular flexibility index (Phi) is 2.84. The number of ketones is 1. The van der Waals surface area contributed by atoms with E-state index in [1.165, 1.54) is 0 Å². The van der Waals surface area contributed by atoms with Gasteiger partial charge in [-0.15, -0.1) is 0 Å². The molecule has 1 fully saturated rings. The fourth-order valence-electron chi connectivity index (χ4n) is 2.08. The summed E-state index contributed by atoms with van der Waals surface area (Å²) in [6.45, 7) is 1.13. The lowest BCUT2D eigenvalue weighted by molar-refractivity contribution is -0.120. The third kappa shape index (κ3) is 1.81. The van der Waals surface area contributed by atoms with Gasteiger partial charge in [0.2, 0.25) is 0 Å². The van der Waals surface area contributed by atoms with Crippen LogP contribution < -0.4 is 5.32 Å². The molecular weight excluding hydrogens is 182 g/mol.